The fraction of sp³-hybridized carbons (Fsp3) is 0.206. The van der Waals surface area contributed by atoms with Crippen molar-refractivity contribution >= 4 is 22.9 Å². The predicted octanol–water partition coefficient (Wildman–Crippen LogP) is 4.94. The molecule has 1 amide bonds. The fourth-order valence-electron chi connectivity index (χ4n) is 5.07. The fourth-order valence-corrected chi connectivity index (χ4v) is 5.07. The highest BCUT2D eigenvalue weighted by atomic mass is 19.1. The second-order valence-corrected chi connectivity index (χ2v) is 10.3. The van der Waals surface area contributed by atoms with Crippen molar-refractivity contribution in [3.05, 3.63) is 118 Å². The van der Waals surface area contributed by atoms with Gasteiger partial charge in [0.2, 0.25) is 0 Å². The Labute approximate surface area is 253 Å². The van der Waals surface area contributed by atoms with Gasteiger partial charge in [-0.2, -0.15) is 5.26 Å². The van der Waals surface area contributed by atoms with E-state index >= 15 is 0 Å². The van der Waals surface area contributed by atoms with Crippen molar-refractivity contribution in [1.29, 1.82) is 5.26 Å². The number of nitrogens with one attached hydrogen (secondary N) is 1. The number of aromatic nitrogens is 3. The van der Waals surface area contributed by atoms with Crippen LogP contribution >= 0.6 is 0 Å². The third kappa shape index (κ3) is 6.64. The molecule has 5 rings (SSSR count). The molecule has 0 saturated heterocycles. The molecule has 10 heteroatoms. The van der Waals surface area contributed by atoms with Gasteiger partial charge in [-0.25, -0.2) is 14.2 Å². The molecule has 2 N–H and O–H groups in total. The Morgan fingerprint density at radius 1 is 1.05 bits per heavy atom. The Morgan fingerprint density at radius 2 is 1.84 bits per heavy atom. The van der Waals surface area contributed by atoms with Crippen molar-refractivity contribution in [3.8, 4) is 17.3 Å². The monoisotopic (exact) mass is 591 g/mol. The Kier molecular flexibility index (Phi) is 9.07. The molecule has 0 aliphatic rings. The topological polar surface area (TPSA) is 130 Å². The number of halogens is 1. The van der Waals surface area contributed by atoms with E-state index < -0.39 is 17.9 Å². The maximum atomic E-state index is 14.3. The molecule has 0 spiro atoms. The first-order valence-electron chi connectivity index (χ1n) is 14.0. The zero-order valence-electron chi connectivity index (χ0n) is 24.3. The molecule has 0 aliphatic carbocycles. The lowest BCUT2D eigenvalue weighted by molar-refractivity contribution is -0.131. The Balaban J connectivity index is 1.36. The minimum atomic E-state index is -1.05. The molecule has 9 nitrogen and oxygen atoms in total. The number of ether oxygens (including phenoxy) is 1. The minimum absolute atomic E-state index is 0.125. The summed E-state index contributed by atoms with van der Waals surface area (Å²) in [4.78, 5) is 33.6. The van der Waals surface area contributed by atoms with Gasteiger partial charge in [0.25, 0.3) is 5.91 Å². The molecule has 0 saturated carbocycles. The summed E-state index contributed by atoms with van der Waals surface area (Å²) in [6.07, 6.45) is 0.656. The summed E-state index contributed by atoms with van der Waals surface area (Å²) >= 11 is 0. The van der Waals surface area contributed by atoms with Crippen LogP contribution in [0.1, 0.15) is 38.6 Å². The Morgan fingerprint density at radius 3 is 2.52 bits per heavy atom. The Bertz CT molecular complexity index is 1880. The van der Waals surface area contributed by atoms with E-state index in [9.17, 15) is 19.1 Å². The molecule has 2 heterocycles. The molecular weight excluding hydrogens is 561 g/mol. The number of nitriles is 1. The molecule has 5 aromatic rings. The largest absolute Gasteiger partial charge is 0.478 e. The van der Waals surface area contributed by atoms with Crippen LogP contribution in [0.4, 0.5) is 4.39 Å². The normalized spacial score (nSPS) is 11.7. The van der Waals surface area contributed by atoms with Gasteiger partial charge in [-0.3, -0.25) is 9.78 Å². The number of likely N-dealkylation sites (N-methyl/N-ethyl adjacent to an activating group) is 1. The molecule has 44 heavy (non-hydrogen) atoms. The highest BCUT2D eigenvalue weighted by Gasteiger charge is 2.22. The van der Waals surface area contributed by atoms with Crippen LogP contribution in [0.15, 0.2) is 78.9 Å². The zero-order valence-corrected chi connectivity index (χ0v) is 24.3. The molecule has 0 bridgehead atoms. The number of amides is 1. The second-order valence-electron chi connectivity index (χ2n) is 10.3. The number of pyridine rings is 1. The molecular formula is C34H30FN5O4. The lowest BCUT2D eigenvalue weighted by Crippen LogP contribution is -2.36. The molecule has 0 radical (unpaired) electrons. The molecule has 1 atom stereocenters. The van der Waals surface area contributed by atoms with E-state index in [0.29, 0.717) is 47.2 Å². The highest BCUT2D eigenvalue weighted by molar-refractivity contribution is 5.92. The summed E-state index contributed by atoms with van der Waals surface area (Å²) < 4.78 is 21.6. The van der Waals surface area contributed by atoms with Gasteiger partial charge in [-0.1, -0.05) is 36.4 Å². The van der Waals surface area contributed by atoms with E-state index in [2.05, 4.69) is 5.32 Å². The number of fused-ring (bicyclic) bond motifs is 1. The minimum Gasteiger partial charge on any atom is -0.478 e. The van der Waals surface area contributed by atoms with Gasteiger partial charge in [-0.15, -0.1) is 0 Å². The number of nitrogens with zero attached hydrogens (tertiary/aromatic N) is 4. The number of carboxylic acid groups (broad SMARTS) is 1. The average Bonchev–Trinajstić information content (AvgIpc) is 3.38. The maximum absolute atomic E-state index is 14.3. The van der Waals surface area contributed by atoms with Gasteiger partial charge in [0.1, 0.15) is 11.6 Å². The van der Waals surface area contributed by atoms with Gasteiger partial charge in [0.05, 0.1) is 40.5 Å². The van der Waals surface area contributed by atoms with E-state index in [4.69, 9.17) is 20.0 Å². The van der Waals surface area contributed by atoms with E-state index in [1.165, 1.54) is 26.3 Å². The first-order chi connectivity index (χ1) is 21.3. The van der Waals surface area contributed by atoms with Crippen LogP contribution in [-0.2, 0) is 35.3 Å². The van der Waals surface area contributed by atoms with Crippen molar-refractivity contribution in [3.63, 3.8) is 0 Å². The number of aryl methyl sites for hydroxylation is 2. The van der Waals surface area contributed by atoms with Crippen LogP contribution < -0.4 is 5.32 Å². The first-order valence-corrected chi connectivity index (χ1v) is 14.0. The first kappa shape index (κ1) is 30.1. The summed E-state index contributed by atoms with van der Waals surface area (Å²) in [5.41, 5.74) is 5.68. The number of methoxy groups -OCH3 is 1. The third-order valence-corrected chi connectivity index (χ3v) is 7.50. The van der Waals surface area contributed by atoms with Crippen LogP contribution in [0.5, 0.6) is 0 Å². The number of imidazole rings is 1. The maximum Gasteiger partial charge on any atom is 0.335 e. The average molecular weight is 592 g/mol. The lowest BCUT2D eigenvalue weighted by Gasteiger charge is -2.17. The third-order valence-electron chi connectivity index (χ3n) is 7.50. The number of carbonyl (C=O) groups is 2. The van der Waals surface area contributed by atoms with E-state index in [1.54, 1.807) is 24.3 Å². The van der Waals surface area contributed by atoms with Crippen LogP contribution in [0.2, 0.25) is 0 Å². The highest BCUT2D eigenvalue weighted by Crippen LogP contribution is 2.24. The van der Waals surface area contributed by atoms with Crippen LogP contribution in [0.3, 0.4) is 0 Å². The molecule has 0 unspecified atom stereocenters. The number of aromatic carboxylic acids is 1. The number of benzene rings is 3. The number of hydrogen-bond donors (Lipinski definition) is 2. The number of carboxylic acids is 1. The van der Waals surface area contributed by atoms with E-state index in [1.807, 2.05) is 53.1 Å². The van der Waals surface area contributed by atoms with Crippen LogP contribution in [0.25, 0.3) is 22.3 Å². The van der Waals surface area contributed by atoms with Crippen molar-refractivity contribution in [1.82, 2.24) is 19.9 Å². The summed E-state index contributed by atoms with van der Waals surface area (Å²) in [5, 5.41) is 21.1. The summed E-state index contributed by atoms with van der Waals surface area (Å²) in [7, 11) is 2.99. The predicted molar refractivity (Wildman–Crippen MR) is 163 cm³/mol. The van der Waals surface area contributed by atoms with Gasteiger partial charge in [-0.05, 0) is 66.4 Å². The van der Waals surface area contributed by atoms with Gasteiger partial charge in [0, 0.05) is 31.8 Å². The number of rotatable bonds is 11. The van der Waals surface area contributed by atoms with E-state index in [-0.39, 0.29) is 18.0 Å². The van der Waals surface area contributed by atoms with Gasteiger partial charge >= 0.3 is 5.97 Å². The van der Waals surface area contributed by atoms with Crippen molar-refractivity contribution in [2.24, 2.45) is 0 Å². The molecule has 2 aromatic heterocycles. The quantitative estimate of drug-likeness (QED) is 0.222. The van der Waals surface area contributed by atoms with Gasteiger partial charge < -0.3 is 19.7 Å². The van der Waals surface area contributed by atoms with Crippen LogP contribution in [0, 0.1) is 17.1 Å². The number of hydrogen-bond acceptors (Lipinski definition) is 6. The summed E-state index contributed by atoms with van der Waals surface area (Å²) in [6, 6.07) is 24.8. The van der Waals surface area contributed by atoms with Crippen molar-refractivity contribution < 1.29 is 23.8 Å². The molecule has 3 aromatic carbocycles. The zero-order chi connectivity index (χ0) is 31.2. The lowest BCUT2D eigenvalue weighted by atomic mass is 10.0. The van der Waals surface area contributed by atoms with Crippen molar-refractivity contribution in [2.45, 2.75) is 31.9 Å². The standard InChI is InChI=1S/C34H30FN5O4/c1-37-33(41)31(44-2)20-40-30-18-25(34(42)43)13-15-29(30)39-32(40)17-21-6-10-24(11-7-21)28-5-3-4-26(38-28)14-12-23-9-8-22(19-36)16-27(23)35/h3-11,13,15-16,18,31H,12,14,17,20H2,1-2H3,(H,37,41)(H,42,43)/t31-/m1/s1. The second kappa shape index (κ2) is 13.3. The SMILES string of the molecule is CNC(=O)[C@@H](Cn1c(Cc2ccc(-c3cccc(CCc4ccc(C#N)cc4F)n3)cc2)nc2ccc(C(=O)O)cc21)OC. The molecule has 0 fully saturated rings. The summed E-state index contributed by atoms with van der Waals surface area (Å²) in [6.45, 7) is 0.159. The van der Waals surface area contributed by atoms with Crippen LogP contribution in [-0.4, -0.2) is 51.8 Å². The summed E-state index contributed by atoms with van der Waals surface area (Å²) in [5.74, 6) is -1.07. The number of carbonyl (C=O) groups excluding carboxylic acids is 1. The Hall–Kier alpha value is -5.40. The molecule has 222 valence electrons. The van der Waals surface area contributed by atoms with Gasteiger partial charge in [0.15, 0.2) is 6.10 Å². The molecule has 0 aliphatic heterocycles. The van der Waals surface area contributed by atoms with E-state index in [0.717, 1.165) is 22.5 Å². The smallest absolute Gasteiger partial charge is 0.335 e. The van der Waals surface area contributed by atoms with Crippen molar-refractivity contribution in [2.75, 3.05) is 14.2 Å².